The van der Waals surface area contributed by atoms with Gasteiger partial charge in [-0.3, -0.25) is 0 Å². The van der Waals surface area contributed by atoms with E-state index in [2.05, 4.69) is 0 Å². The van der Waals surface area contributed by atoms with Gasteiger partial charge in [0, 0.05) is 6.61 Å². The van der Waals surface area contributed by atoms with Crippen LogP contribution in [0, 0.1) is 0 Å². The molecular weight excluding hydrogens is 168 g/mol. The van der Waals surface area contributed by atoms with Crippen LogP contribution in [0.2, 0.25) is 0 Å². The molecule has 1 rings (SSSR count). The van der Waals surface area contributed by atoms with Crippen molar-refractivity contribution in [2.45, 2.75) is 38.6 Å². The normalized spacial score (nSPS) is 26.5. The molecular formula is C10H18O3. The summed E-state index contributed by atoms with van der Waals surface area (Å²) in [5, 5.41) is 8.55. The first-order valence-corrected chi connectivity index (χ1v) is 4.87. The van der Waals surface area contributed by atoms with Gasteiger partial charge in [-0.1, -0.05) is 12.2 Å². The molecule has 0 amide bonds. The zero-order valence-electron chi connectivity index (χ0n) is 8.11. The van der Waals surface area contributed by atoms with E-state index in [0.29, 0.717) is 0 Å². The molecule has 1 fully saturated rings. The number of aliphatic hydroxyl groups excluding tert-OH is 1. The van der Waals surface area contributed by atoms with Gasteiger partial charge in [0.25, 0.3) is 0 Å². The SMILES string of the molecule is C[C@@H](/C=C\CO)OC1CCCCO1. The average molecular weight is 186 g/mol. The molecule has 0 aromatic rings. The van der Waals surface area contributed by atoms with Crippen LogP contribution in [-0.2, 0) is 9.47 Å². The molecule has 1 saturated heterocycles. The van der Waals surface area contributed by atoms with Crippen LogP contribution in [0.25, 0.3) is 0 Å². The summed E-state index contributed by atoms with van der Waals surface area (Å²) in [5.74, 6) is 0. The molecule has 0 aromatic heterocycles. The van der Waals surface area contributed by atoms with Crippen molar-refractivity contribution in [2.75, 3.05) is 13.2 Å². The van der Waals surface area contributed by atoms with Gasteiger partial charge >= 0.3 is 0 Å². The Kier molecular flexibility index (Phi) is 5.05. The summed E-state index contributed by atoms with van der Waals surface area (Å²) in [7, 11) is 0. The number of hydrogen-bond acceptors (Lipinski definition) is 3. The molecule has 1 unspecified atom stereocenters. The predicted molar refractivity (Wildman–Crippen MR) is 50.4 cm³/mol. The molecule has 1 heterocycles. The largest absolute Gasteiger partial charge is 0.392 e. The van der Waals surface area contributed by atoms with Crippen LogP contribution in [0.4, 0.5) is 0 Å². The van der Waals surface area contributed by atoms with Gasteiger partial charge < -0.3 is 14.6 Å². The Balaban J connectivity index is 2.18. The standard InChI is InChI=1S/C10H18O3/c1-9(5-4-7-11)13-10-6-2-3-8-12-10/h4-5,9-11H,2-3,6-8H2,1H3/b5-4-/t9-,10?/m0/s1. The van der Waals surface area contributed by atoms with Crippen LogP contribution < -0.4 is 0 Å². The van der Waals surface area contributed by atoms with E-state index in [9.17, 15) is 0 Å². The Morgan fingerprint density at radius 1 is 1.62 bits per heavy atom. The lowest BCUT2D eigenvalue weighted by atomic mass is 10.2. The van der Waals surface area contributed by atoms with Gasteiger partial charge in [0.05, 0.1) is 12.7 Å². The van der Waals surface area contributed by atoms with Crippen LogP contribution in [0.3, 0.4) is 0 Å². The minimum atomic E-state index is -0.0490. The van der Waals surface area contributed by atoms with Crippen molar-refractivity contribution < 1.29 is 14.6 Å². The van der Waals surface area contributed by atoms with Crippen LogP contribution >= 0.6 is 0 Å². The molecule has 0 saturated carbocycles. The molecule has 0 aliphatic carbocycles. The summed E-state index contributed by atoms with van der Waals surface area (Å²) in [6.45, 7) is 2.82. The maximum atomic E-state index is 8.55. The smallest absolute Gasteiger partial charge is 0.158 e. The minimum Gasteiger partial charge on any atom is -0.392 e. The number of hydrogen-bond donors (Lipinski definition) is 1. The van der Waals surface area contributed by atoms with Gasteiger partial charge in [0.1, 0.15) is 0 Å². The van der Waals surface area contributed by atoms with E-state index >= 15 is 0 Å². The fourth-order valence-corrected chi connectivity index (χ4v) is 1.36. The summed E-state index contributed by atoms with van der Waals surface area (Å²) in [4.78, 5) is 0. The third-order valence-electron chi connectivity index (χ3n) is 2.02. The van der Waals surface area contributed by atoms with Gasteiger partial charge in [-0.15, -0.1) is 0 Å². The summed E-state index contributed by atoms with van der Waals surface area (Å²) in [6, 6.07) is 0. The van der Waals surface area contributed by atoms with Crippen molar-refractivity contribution in [1.29, 1.82) is 0 Å². The van der Waals surface area contributed by atoms with Crippen LogP contribution in [-0.4, -0.2) is 30.7 Å². The summed E-state index contributed by atoms with van der Waals surface area (Å²) < 4.78 is 11.0. The van der Waals surface area contributed by atoms with Gasteiger partial charge in [0.15, 0.2) is 6.29 Å². The highest BCUT2D eigenvalue weighted by atomic mass is 16.7. The molecule has 3 nitrogen and oxygen atoms in total. The Hall–Kier alpha value is -0.380. The third-order valence-corrected chi connectivity index (χ3v) is 2.02. The average Bonchev–Trinajstić information content (AvgIpc) is 2.16. The van der Waals surface area contributed by atoms with E-state index in [1.807, 2.05) is 13.0 Å². The van der Waals surface area contributed by atoms with Crippen molar-refractivity contribution >= 4 is 0 Å². The van der Waals surface area contributed by atoms with Gasteiger partial charge in [0.2, 0.25) is 0 Å². The maximum Gasteiger partial charge on any atom is 0.158 e. The molecule has 0 aromatic carbocycles. The lowest BCUT2D eigenvalue weighted by Crippen LogP contribution is -2.25. The molecule has 0 spiro atoms. The van der Waals surface area contributed by atoms with E-state index in [1.165, 1.54) is 6.42 Å². The molecule has 1 aliphatic heterocycles. The van der Waals surface area contributed by atoms with Crippen molar-refractivity contribution in [3.63, 3.8) is 0 Å². The van der Waals surface area contributed by atoms with E-state index in [4.69, 9.17) is 14.6 Å². The fourth-order valence-electron chi connectivity index (χ4n) is 1.36. The molecule has 3 heteroatoms. The molecule has 1 aliphatic rings. The maximum absolute atomic E-state index is 8.55. The third kappa shape index (κ3) is 4.41. The number of aliphatic hydroxyl groups is 1. The highest BCUT2D eigenvalue weighted by Gasteiger charge is 2.15. The first-order chi connectivity index (χ1) is 6.33. The fraction of sp³-hybridized carbons (Fsp3) is 0.800. The van der Waals surface area contributed by atoms with E-state index in [0.717, 1.165) is 19.4 Å². The summed E-state index contributed by atoms with van der Waals surface area (Å²) in [5.41, 5.74) is 0. The second kappa shape index (κ2) is 6.13. The quantitative estimate of drug-likeness (QED) is 0.676. The second-order valence-electron chi connectivity index (χ2n) is 3.25. The van der Waals surface area contributed by atoms with E-state index < -0.39 is 0 Å². The topological polar surface area (TPSA) is 38.7 Å². The van der Waals surface area contributed by atoms with Gasteiger partial charge in [-0.05, 0) is 26.2 Å². The number of rotatable bonds is 4. The van der Waals surface area contributed by atoms with Crippen LogP contribution in [0.5, 0.6) is 0 Å². The zero-order chi connectivity index (χ0) is 9.52. The Morgan fingerprint density at radius 3 is 3.08 bits per heavy atom. The molecule has 1 N–H and O–H groups in total. The lowest BCUT2D eigenvalue weighted by Gasteiger charge is -2.24. The Morgan fingerprint density at radius 2 is 2.46 bits per heavy atom. The highest BCUT2D eigenvalue weighted by Crippen LogP contribution is 2.15. The van der Waals surface area contributed by atoms with E-state index in [-0.39, 0.29) is 19.0 Å². The first-order valence-electron chi connectivity index (χ1n) is 4.87. The molecule has 0 bridgehead atoms. The second-order valence-corrected chi connectivity index (χ2v) is 3.25. The van der Waals surface area contributed by atoms with Crippen LogP contribution in [0.15, 0.2) is 12.2 Å². The first kappa shape index (κ1) is 10.7. The zero-order valence-corrected chi connectivity index (χ0v) is 8.11. The molecule has 76 valence electrons. The van der Waals surface area contributed by atoms with E-state index in [1.54, 1.807) is 6.08 Å². The summed E-state index contributed by atoms with van der Waals surface area (Å²) in [6.07, 6.45) is 6.81. The van der Waals surface area contributed by atoms with Crippen LogP contribution in [0.1, 0.15) is 26.2 Å². The van der Waals surface area contributed by atoms with Crippen molar-refractivity contribution in [2.24, 2.45) is 0 Å². The molecule has 2 atom stereocenters. The number of ether oxygens (including phenoxy) is 2. The minimum absolute atomic E-state index is 0.0234. The lowest BCUT2D eigenvalue weighted by molar-refractivity contribution is -0.175. The van der Waals surface area contributed by atoms with Crippen molar-refractivity contribution in [3.05, 3.63) is 12.2 Å². The molecule has 13 heavy (non-hydrogen) atoms. The predicted octanol–water partition coefficient (Wildman–Crippen LogP) is 1.47. The van der Waals surface area contributed by atoms with Crippen molar-refractivity contribution in [1.82, 2.24) is 0 Å². The van der Waals surface area contributed by atoms with Gasteiger partial charge in [-0.2, -0.15) is 0 Å². The van der Waals surface area contributed by atoms with Crippen molar-refractivity contribution in [3.8, 4) is 0 Å². The Labute approximate surface area is 79.3 Å². The Bertz CT molecular complexity index is 150. The highest BCUT2D eigenvalue weighted by molar-refractivity contribution is 4.87. The molecule has 0 radical (unpaired) electrons. The monoisotopic (exact) mass is 186 g/mol. The summed E-state index contributed by atoms with van der Waals surface area (Å²) >= 11 is 0. The van der Waals surface area contributed by atoms with Gasteiger partial charge in [-0.25, -0.2) is 0 Å².